The van der Waals surface area contributed by atoms with Crippen LogP contribution in [0.15, 0.2) is 24.3 Å². The van der Waals surface area contributed by atoms with Gasteiger partial charge in [-0.2, -0.15) is 0 Å². The van der Waals surface area contributed by atoms with Gasteiger partial charge in [-0.05, 0) is 67.3 Å². The lowest BCUT2D eigenvalue weighted by atomic mass is 9.68. The van der Waals surface area contributed by atoms with Crippen LogP contribution in [0, 0.1) is 11.8 Å². The van der Waals surface area contributed by atoms with Crippen LogP contribution >= 0.6 is 0 Å². The molecule has 1 aromatic rings. The minimum atomic E-state index is 0.148. The summed E-state index contributed by atoms with van der Waals surface area (Å²) in [6.07, 6.45) is 3.34. The van der Waals surface area contributed by atoms with E-state index >= 15 is 0 Å². The first kappa shape index (κ1) is 18.3. The lowest BCUT2D eigenvalue weighted by Crippen LogP contribution is -2.48. The smallest absolute Gasteiger partial charge is 0.115 e. The molecule has 130 valence electrons. The van der Waals surface area contributed by atoms with Crippen molar-refractivity contribution in [3.63, 3.8) is 0 Å². The third-order valence-electron chi connectivity index (χ3n) is 5.66. The van der Waals surface area contributed by atoms with Gasteiger partial charge in [0, 0.05) is 12.6 Å². The number of aromatic hydroxyl groups is 1. The van der Waals surface area contributed by atoms with E-state index in [9.17, 15) is 5.11 Å². The number of phenolic OH excluding ortho intramolecular Hbond substituents is 1. The van der Waals surface area contributed by atoms with E-state index in [1.165, 1.54) is 5.56 Å². The van der Waals surface area contributed by atoms with Crippen molar-refractivity contribution in [3.8, 4) is 5.75 Å². The van der Waals surface area contributed by atoms with Crippen molar-refractivity contribution in [2.75, 3.05) is 19.6 Å². The predicted octanol–water partition coefficient (Wildman–Crippen LogP) is 3.76. The maximum Gasteiger partial charge on any atom is 0.115 e. The van der Waals surface area contributed by atoms with Crippen LogP contribution in [0.1, 0.15) is 52.5 Å². The summed E-state index contributed by atoms with van der Waals surface area (Å²) < 4.78 is 0. The molecule has 1 aliphatic rings. The van der Waals surface area contributed by atoms with Crippen molar-refractivity contribution in [1.29, 1.82) is 0 Å². The first-order chi connectivity index (χ1) is 10.8. The summed E-state index contributed by atoms with van der Waals surface area (Å²) in [7, 11) is 0. The van der Waals surface area contributed by atoms with Gasteiger partial charge >= 0.3 is 0 Å². The summed E-state index contributed by atoms with van der Waals surface area (Å²) in [6.45, 7) is 12.5. The Hall–Kier alpha value is -1.06. The van der Waals surface area contributed by atoms with Crippen LogP contribution in [0.2, 0.25) is 0 Å². The number of nitrogens with zero attached hydrogens (tertiary/aromatic N) is 1. The lowest BCUT2D eigenvalue weighted by Gasteiger charge is -2.45. The quantitative estimate of drug-likeness (QED) is 0.840. The third kappa shape index (κ3) is 4.71. The maximum atomic E-state index is 9.79. The van der Waals surface area contributed by atoms with E-state index in [1.54, 1.807) is 6.07 Å². The fourth-order valence-electron chi connectivity index (χ4n) is 3.88. The monoisotopic (exact) mass is 318 g/mol. The molecule has 3 unspecified atom stereocenters. The van der Waals surface area contributed by atoms with Crippen molar-refractivity contribution >= 4 is 0 Å². The van der Waals surface area contributed by atoms with Crippen molar-refractivity contribution < 1.29 is 5.11 Å². The number of piperidine rings is 1. The fourth-order valence-corrected chi connectivity index (χ4v) is 3.88. The molecule has 3 atom stereocenters. The molecule has 0 radical (unpaired) electrons. The molecule has 1 aliphatic heterocycles. The van der Waals surface area contributed by atoms with E-state index in [1.807, 2.05) is 12.1 Å². The molecular formula is C20H34N2O. The highest BCUT2D eigenvalue weighted by molar-refractivity contribution is 5.33. The second kappa shape index (κ2) is 7.67. The predicted molar refractivity (Wildman–Crippen MR) is 97.7 cm³/mol. The zero-order valence-corrected chi connectivity index (χ0v) is 15.3. The Morgan fingerprint density at radius 1 is 1.39 bits per heavy atom. The number of hydrogen-bond acceptors (Lipinski definition) is 3. The number of likely N-dealkylation sites (tertiary alicyclic amines) is 1. The Morgan fingerprint density at radius 3 is 2.74 bits per heavy atom. The molecule has 0 amide bonds. The van der Waals surface area contributed by atoms with Crippen LogP contribution in [0.4, 0.5) is 0 Å². The van der Waals surface area contributed by atoms with Crippen LogP contribution in [0.5, 0.6) is 5.75 Å². The molecule has 1 heterocycles. The van der Waals surface area contributed by atoms with Crippen LogP contribution in [-0.2, 0) is 5.41 Å². The largest absolute Gasteiger partial charge is 0.508 e. The molecule has 3 N–H and O–H groups in total. The first-order valence-corrected chi connectivity index (χ1v) is 9.08. The average molecular weight is 319 g/mol. The van der Waals surface area contributed by atoms with Gasteiger partial charge in [0.15, 0.2) is 0 Å². The van der Waals surface area contributed by atoms with E-state index in [0.29, 0.717) is 23.6 Å². The third-order valence-corrected chi connectivity index (χ3v) is 5.66. The van der Waals surface area contributed by atoms with Gasteiger partial charge in [-0.3, -0.25) is 0 Å². The number of nitrogens with two attached hydrogens (primary N) is 1. The Kier molecular flexibility index (Phi) is 6.10. The fraction of sp³-hybridized carbons (Fsp3) is 0.700. The molecule has 1 aromatic carbocycles. The lowest BCUT2D eigenvalue weighted by molar-refractivity contribution is 0.107. The van der Waals surface area contributed by atoms with Gasteiger partial charge in [-0.15, -0.1) is 0 Å². The molecule has 0 aromatic heterocycles. The number of rotatable bonds is 6. The standard InChI is InChI=1S/C20H34N2O/c1-15(2)12-18(21)8-10-22-11-9-20(4,16(3)14-22)17-6-5-7-19(23)13-17/h5-7,13,15-16,18,23H,8-12,14,21H2,1-4H3. The molecule has 0 saturated carbocycles. The molecule has 23 heavy (non-hydrogen) atoms. The van der Waals surface area contributed by atoms with Gasteiger partial charge in [-0.1, -0.05) is 39.8 Å². The number of hydrogen-bond donors (Lipinski definition) is 2. The van der Waals surface area contributed by atoms with Crippen LogP contribution in [0.25, 0.3) is 0 Å². The molecule has 0 spiro atoms. The van der Waals surface area contributed by atoms with Crippen molar-refractivity contribution in [2.45, 2.75) is 58.4 Å². The highest BCUT2D eigenvalue weighted by Gasteiger charge is 2.37. The van der Waals surface area contributed by atoms with Crippen LogP contribution in [0.3, 0.4) is 0 Å². The number of benzene rings is 1. The average Bonchev–Trinajstić information content (AvgIpc) is 2.48. The van der Waals surface area contributed by atoms with Gasteiger partial charge in [0.2, 0.25) is 0 Å². The molecule has 2 rings (SSSR count). The number of phenols is 1. The van der Waals surface area contributed by atoms with Crippen LogP contribution in [-0.4, -0.2) is 35.7 Å². The SMILES string of the molecule is CC(C)CC(N)CCN1CCC(C)(c2cccc(O)c2)C(C)C1. The van der Waals surface area contributed by atoms with Crippen molar-refractivity contribution in [2.24, 2.45) is 17.6 Å². The molecule has 3 nitrogen and oxygen atoms in total. The minimum Gasteiger partial charge on any atom is -0.508 e. The summed E-state index contributed by atoms with van der Waals surface area (Å²) in [4.78, 5) is 2.56. The highest BCUT2D eigenvalue weighted by Crippen LogP contribution is 2.40. The summed E-state index contributed by atoms with van der Waals surface area (Å²) >= 11 is 0. The van der Waals surface area contributed by atoms with E-state index in [0.717, 1.165) is 38.9 Å². The van der Waals surface area contributed by atoms with E-state index in [2.05, 4.69) is 38.7 Å². The van der Waals surface area contributed by atoms with Crippen LogP contribution < -0.4 is 5.73 Å². The van der Waals surface area contributed by atoms with E-state index < -0.39 is 0 Å². The molecule has 0 aliphatic carbocycles. The Bertz CT molecular complexity index is 502. The topological polar surface area (TPSA) is 49.5 Å². The second-order valence-corrected chi connectivity index (χ2v) is 8.10. The molecule has 0 bridgehead atoms. The molecule has 1 fully saturated rings. The summed E-state index contributed by atoms with van der Waals surface area (Å²) in [6, 6.07) is 8.13. The normalized spacial score (nSPS) is 27.3. The molecule has 1 saturated heterocycles. The van der Waals surface area contributed by atoms with Gasteiger partial charge in [0.05, 0.1) is 0 Å². The van der Waals surface area contributed by atoms with E-state index in [-0.39, 0.29) is 5.41 Å². The summed E-state index contributed by atoms with van der Waals surface area (Å²) in [5, 5.41) is 9.79. The highest BCUT2D eigenvalue weighted by atomic mass is 16.3. The van der Waals surface area contributed by atoms with Gasteiger partial charge in [0.1, 0.15) is 5.75 Å². The van der Waals surface area contributed by atoms with Crippen molar-refractivity contribution in [1.82, 2.24) is 4.90 Å². The molecular weight excluding hydrogens is 284 g/mol. The minimum absolute atomic E-state index is 0.148. The summed E-state index contributed by atoms with van der Waals surface area (Å²) in [5.74, 6) is 1.62. The second-order valence-electron chi connectivity index (χ2n) is 8.10. The first-order valence-electron chi connectivity index (χ1n) is 9.08. The van der Waals surface area contributed by atoms with Gasteiger partial charge in [-0.25, -0.2) is 0 Å². The Balaban J connectivity index is 1.92. The Labute approximate surface area is 141 Å². The van der Waals surface area contributed by atoms with Crippen molar-refractivity contribution in [3.05, 3.63) is 29.8 Å². The summed E-state index contributed by atoms with van der Waals surface area (Å²) in [5.41, 5.74) is 7.65. The van der Waals surface area contributed by atoms with Gasteiger partial charge < -0.3 is 15.7 Å². The van der Waals surface area contributed by atoms with Gasteiger partial charge in [0.25, 0.3) is 0 Å². The Morgan fingerprint density at radius 2 is 2.13 bits per heavy atom. The van der Waals surface area contributed by atoms with E-state index in [4.69, 9.17) is 5.73 Å². The maximum absolute atomic E-state index is 9.79. The zero-order chi connectivity index (χ0) is 17.0. The zero-order valence-electron chi connectivity index (χ0n) is 15.3. The molecule has 3 heteroatoms.